The molecule has 11 rings (SSSR count). The lowest BCUT2D eigenvalue weighted by molar-refractivity contribution is 1.29. The summed E-state index contributed by atoms with van der Waals surface area (Å²) in [5.41, 5.74) is 10.6. The first-order valence-electron chi connectivity index (χ1n) is 16.9. The van der Waals surface area contributed by atoms with Gasteiger partial charge in [-0.3, -0.25) is 0 Å². The zero-order chi connectivity index (χ0) is 33.1. The highest BCUT2D eigenvalue weighted by molar-refractivity contribution is 7.24. The molecular formula is C45H29NS4. The molecule has 0 radical (unpaired) electrons. The van der Waals surface area contributed by atoms with E-state index in [2.05, 4.69) is 140 Å². The van der Waals surface area contributed by atoms with Gasteiger partial charge in [0.2, 0.25) is 0 Å². The summed E-state index contributed by atoms with van der Waals surface area (Å²) in [4.78, 5) is 14.6. The lowest BCUT2D eigenvalue weighted by atomic mass is 9.97. The SMILES string of the molecule is Cc1ccc(-c2ccc(-c3ccc4c5c(ccc4c3)-c3cc4[nH]c6c7ccc(-c8ccc(-c9ccc(C)s9)s8)cc7ccc6c4cc3C5)s2)s1. The molecule has 0 fully saturated rings. The second-order valence-electron chi connectivity index (χ2n) is 13.5. The predicted octanol–water partition coefficient (Wildman–Crippen LogP) is 14.7. The van der Waals surface area contributed by atoms with E-state index in [-0.39, 0.29) is 0 Å². The number of aromatic nitrogens is 1. The Morgan fingerprint density at radius 3 is 1.66 bits per heavy atom. The average Bonchev–Trinajstić information content (AvgIpc) is 3.98. The van der Waals surface area contributed by atoms with Gasteiger partial charge in [-0.2, -0.15) is 0 Å². The second kappa shape index (κ2) is 10.9. The summed E-state index contributed by atoms with van der Waals surface area (Å²) in [6.45, 7) is 4.35. The predicted molar refractivity (Wildman–Crippen MR) is 222 cm³/mol. The lowest BCUT2D eigenvalue weighted by Crippen LogP contribution is -1.85. The van der Waals surface area contributed by atoms with E-state index in [9.17, 15) is 0 Å². The van der Waals surface area contributed by atoms with Crippen LogP contribution in [0.25, 0.3) is 94.9 Å². The third-order valence-electron chi connectivity index (χ3n) is 10.3. The zero-order valence-corrected chi connectivity index (χ0v) is 30.7. The lowest BCUT2D eigenvalue weighted by Gasteiger charge is -2.08. The topological polar surface area (TPSA) is 15.8 Å². The first-order valence-corrected chi connectivity index (χ1v) is 20.2. The van der Waals surface area contributed by atoms with Gasteiger partial charge in [-0.05, 0) is 143 Å². The Kier molecular flexibility index (Phi) is 6.30. The number of fused-ring (bicyclic) bond motifs is 10. The molecule has 10 aromatic rings. The molecule has 0 amide bonds. The number of H-pyrrole nitrogens is 1. The van der Waals surface area contributed by atoms with E-state index in [0.717, 1.165) is 6.42 Å². The summed E-state index contributed by atoms with van der Waals surface area (Å²) in [5.74, 6) is 0. The number of aryl methyl sites for hydroxylation is 2. The minimum atomic E-state index is 0.968. The molecule has 0 unspecified atom stereocenters. The van der Waals surface area contributed by atoms with Gasteiger partial charge in [-0.25, -0.2) is 0 Å². The van der Waals surface area contributed by atoms with E-state index in [1.54, 1.807) is 0 Å². The van der Waals surface area contributed by atoms with Crippen LogP contribution in [0.1, 0.15) is 20.9 Å². The Bertz CT molecular complexity index is 2990. The summed E-state index contributed by atoms with van der Waals surface area (Å²) in [6, 6.07) is 46.1. The standard InChI is InChI=1S/C45H29NS4/c1-24-3-13-41(47-24)43-17-15-39(49-43)28-7-9-31-26(19-28)5-11-33-35-23-38-37(22-30(35)21-36(31)33)34-12-6-27-20-29(8-10-32(27)45(34)46-38)40-16-18-44(50-40)42-14-4-25(2)48-42/h3-20,22-23,46H,21H2,1-2H3. The third-order valence-corrected chi connectivity index (χ3v) is 15.0. The first kappa shape index (κ1) is 29.0. The summed E-state index contributed by atoms with van der Waals surface area (Å²) in [5, 5.41) is 7.84. The Hall–Kier alpha value is -4.78. The molecule has 0 spiro atoms. The number of nitrogens with one attached hydrogen (secondary N) is 1. The normalized spacial score (nSPS) is 12.5. The van der Waals surface area contributed by atoms with Crippen LogP contribution in [-0.2, 0) is 6.42 Å². The quantitative estimate of drug-likeness (QED) is 0.187. The maximum absolute atomic E-state index is 3.85. The zero-order valence-electron chi connectivity index (χ0n) is 27.4. The number of hydrogen-bond acceptors (Lipinski definition) is 4. The molecule has 5 heteroatoms. The summed E-state index contributed by atoms with van der Waals surface area (Å²) in [6.07, 6.45) is 0.968. The van der Waals surface area contributed by atoms with Crippen LogP contribution in [0.4, 0.5) is 0 Å². The van der Waals surface area contributed by atoms with Crippen LogP contribution in [0.2, 0.25) is 0 Å². The number of rotatable bonds is 4. The van der Waals surface area contributed by atoms with Crippen molar-refractivity contribution in [3.63, 3.8) is 0 Å². The van der Waals surface area contributed by atoms with E-state index in [1.165, 1.54) is 116 Å². The first-order chi connectivity index (χ1) is 24.5. The second-order valence-corrected chi connectivity index (χ2v) is 18.2. The van der Waals surface area contributed by atoms with Crippen molar-refractivity contribution in [3.05, 3.63) is 142 Å². The fourth-order valence-electron chi connectivity index (χ4n) is 7.91. The van der Waals surface area contributed by atoms with Gasteiger partial charge in [0, 0.05) is 60.7 Å². The molecule has 5 heterocycles. The van der Waals surface area contributed by atoms with Crippen molar-refractivity contribution in [2.75, 3.05) is 0 Å². The van der Waals surface area contributed by atoms with Gasteiger partial charge >= 0.3 is 0 Å². The van der Waals surface area contributed by atoms with Gasteiger partial charge in [0.25, 0.3) is 0 Å². The molecular weight excluding hydrogens is 683 g/mol. The molecule has 0 saturated heterocycles. The van der Waals surface area contributed by atoms with Crippen LogP contribution in [-0.4, -0.2) is 4.98 Å². The van der Waals surface area contributed by atoms with Crippen molar-refractivity contribution in [2.24, 2.45) is 0 Å². The highest BCUT2D eigenvalue weighted by Gasteiger charge is 2.23. The van der Waals surface area contributed by atoms with E-state index >= 15 is 0 Å². The smallest absolute Gasteiger partial charge is 0.0544 e. The Labute approximate surface area is 305 Å². The molecule has 1 aliphatic carbocycles. The molecule has 238 valence electrons. The van der Waals surface area contributed by atoms with Gasteiger partial charge in [-0.15, -0.1) is 45.3 Å². The molecule has 5 aromatic carbocycles. The minimum Gasteiger partial charge on any atom is -0.354 e. The monoisotopic (exact) mass is 711 g/mol. The molecule has 1 nitrogen and oxygen atoms in total. The van der Waals surface area contributed by atoms with Crippen LogP contribution < -0.4 is 0 Å². The maximum atomic E-state index is 3.85. The number of benzene rings is 5. The van der Waals surface area contributed by atoms with Crippen LogP contribution in [0, 0.1) is 13.8 Å². The molecule has 0 saturated carbocycles. The van der Waals surface area contributed by atoms with Gasteiger partial charge in [0.15, 0.2) is 0 Å². The van der Waals surface area contributed by atoms with Crippen molar-refractivity contribution in [3.8, 4) is 51.5 Å². The van der Waals surface area contributed by atoms with Crippen molar-refractivity contribution in [1.29, 1.82) is 0 Å². The van der Waals surface area contributed by atoms with Crippen LogP contribution in [0.5, 0.6) is 0 Å². The van der Waals surface area contributed by atoms with Gasteiger partial charge in [0.1, 0.15) is 0 Å². The van der Waals surface area contributed by atoms with Crippen LogP contribution in [0.15, 0.2) is 121 Å². The molecule has 0 atom stereocenters. The largest absolute Gasteiger partial charge is 0.354 e. The fraction of sp³-hybridized carbons (Fsp3) is 0.0667. The fourth-order valence-corrected chi connectivity index (χ4v) is 11.8. The number of thiophene rings is 4. The van der Waals surface area contributed by atoms with Gasteiger partial charge < -0.3 is 4.98 Å². The Morgan fingerprint density at radius 2 is 1.00 bits per heavy atom. The minimum absolute atomic E-state index is 0.968. The van der Waals surface area contributed by atoms with Crippen molar-refractivity contribution in [2.45, 2.75) is 20.3 Å². The van der Waals surface area contributed by atoms with Crippen molar-refractivity contribution in [1.82, 2.24) is 4.98 Å². The summed E-state index contributed by atoms with van der Waals surface area (Å²) < 4.78 is 0. The number of hydrogen-bond donors (Lipinski definition) is 1. The van der Waals surface area contributed by atoms with E-state index in [4.69, 9.17) is 0 Å². The molecule has 50 heavy (non-hydrogen) atoms. The number of aromatic amines is 1. The van der Waals surface area contributed by atoms with Crippen LogP contribution >= 0.6 is 45.3 Å². The van der Waals surface area contributed by atoms with Crippen molar-refractivity contribution >= 4 is 88.7 Å². The van der Waals surface area contributed by atoms with E-state index in [1.807, 2.05) is 45.3 Å². The molecule has 0 bridgehead atoms. The molecule has 0 aliphatic heterocycles. The summed E-state index contributed by atoms with van der Waals surface area (Å²) in [7, 11) is 0. The highest BCUT2D eigenvalue weighted by Crippen LogP contribution is 2.46. The van der Waals surface area contributed by atoms with E-state index in [0.29, 0.717) is 0 Å². The Morgan fingerprint density at radius 1 is 0.440 bits per heavy atom. The molecule has 5 aromatic heterocycles. The Balaban J connectivity index is 0.943. The van der Waals surface area contributed by atoms with Gasteiger partial charge in [0.05, 0.1) is 5.52 Å². The van der Waals surface area contributed by atoms with E-state index < -0.39 is 0 Å². The van der Waals surface area contributed by atoms with Crippen molar-refractivity contribution < 1.29 is 0 Å². The maximum Gasteiger partial charge on any atom is 0.0544 e. The highest BCUT2D eigenvalue weighted by atomic mass is 32.1. The third kappa shape index (κ3) is 4.47. The molecule has 1 aliphatic rings. The summed E-state index contributed by atoms with van der Waals surface area (Å²) >= 11 is 7.50. The molecule has 1 N–H and O–H groups in total. The van der Waals surface area contributed by atoms with Gasteiger partial charge in [-0.1, -0.05) is 48.5 Å². The van der Waals surface area contributed by atoms with Crippen LogP contribution in [0.3, 0.4) is 0 Å². The average molecular weight is 712 g/mol.